The first kappa shape index (κ1) is 25.9. The molecule has 26 heavy (non-hydrogen) atoms. The van der Waals surface area contributed by atoms with Crippen molar-refractivity contribution in [2.75, 3.05) is 0 Å². The summed E-state index contributed by atoms with van der Waals surface area (Å²) in [5.74, 6) is 0.472. The predicted octanol–water partition coefficient (Wildman–Crippen LogP) is 6.49. The molecule has 0 spiro atoms. The maximum Gasteiger partial charge on any atom is 0.161 e. The second-order valence-corrected chi connectivity index (χ2v) is 4.85. The average molecular weight is 358 g/mol. The van der Waals surface area contributed by atoms with Crippen LogP contribution in [0.3, 0.4) is 0 Å². The summed E-state index contributed by atoms with van der Waals surface area (Å²) in [7, 11) is 0. The molecule has 0 saturated heterocycles. The van der Waals surface area contributed by atoms with Gasteiger partial charge in [0.25, 0.3) is 0 Å². The lowest BCUT2D eigenvalue weighted by atomic mass is 10.1. The molecule has 0 fully saturated rings. The van der Waals surface area contributed by atoms with E-state index in [4.69, 9.17) is 0 Å². The number of Topliss-reactive ketones (excluding diaryl/α,β-unsaturated/α-hetero) is 1. The van der Waals surface area contributed by atoms with E-state index in [9.17, 15) is 4.79 Å². The number of rotatable bonds is 1. The minimum absolute atomic E-state index is 0.213. The zero-order chi connectivity index (χ0) is 20.5. The first-order valence-corrected chi connectivity index (χ1v) is 9.55. The van der Waals surface area contributed by atoms with Gasteiger partial charge in [0.1, 0.15) is 5.78 Å². The highest BCUT2D eigenvalue weighted by atomic mass is 16.1. The van der Waals surface area contributed by atoms with Gasteiger partial charge in [-0.05, 0) is 37.3 Å². The van der Waals surface area contributed by atoms with Gasteiger partial charge in [-0.3, -0.25) is 4.79 Å². The van der Waals surface area contributed by atoms with Gasteiger partial charge in [-0.25, -0.2) is 15.0 Å². The van der Waals surface area contributed by atoms with Crippen molar-refractivity contribution in [2.45, 2.75) is 62.3 Å². The van der Waals surface area contributed by atoms with E-state index in [-0.39, 0.29) is 11.7 Å². The van der Waals surface area contributed by atoms with Gasteiger partial charge in [0.05, 0.1) is 0 Å². The van der Waals surface area contributed by atoms with E-state index in [0.717, 1.165) is 22.1 Å². The van der Waals surface area contributed by atoms with Crippen molar-refractivity contribution in [3.05, 3.63) is 42.7 Å². The Hall–Kier alpha value is -2.36. The molecule has 0 bridgehead atoms. The molecule has 0 aliphatic rings. The van der Waals surface area contributed by atoms with E-state index in [0.29, 0.717) is 0 Å². The molecular formula is C22H35N3O. The normalized spacial score (nSPS) is 8.69. The van der Waals surface area contributed by atoms with E-state index in [1.54, 1.807) is 19.3 Å². The van der Waals surface area contributed by atoms with Gasteiger partial charge < -0.3 is 0 Å². The van der Waals surface area contributed by atoms with Crippen LogP contribution >= 0.6 is 0 Å². The maximum absolute atomic E-state index is 10.1. The highest BCUT2D eigenvalue weighted by molar-refractivity contribution is 5.88. The van der Waals surface area contributed by atoms with Crippen LogP contribution in [0.5, 0.6) is 0 Å². The van der Waals surface area contributed by atoms with Crippen LogP contribution in [-0.2, 0) is 4.79 Å². The third-order valence-corrected chi connectivity index (χ3v) is 2.97. The molecule has 0 unspecified atom stereocenters. The monoisotopic (exact) mass is 357 g/mol. The molecule has 0 aromatic carbocycles. The van der Waals surface area contributed by atoms with Crippen LogP contribution in [0, 0.1) is 5.92 Å². The average Bonchev–Trinajstić information content (AvgIpc) is 2.71. The molecule has 144 valence electrons. The Labute approximate surface area is 159 Å². The van der Waals surface area contributed by atoms with Gasteiger partial charge >= 0.3 is 0 Å². The molecule has 3 heterocycles. The zero-order valence-corrected chi connectivity index (χ0v) is 17.9. The van der Waals surface area contributed by atoms with E-state index in [2.05, 4.69) is 21.0 Å². The third kappa shape index (κ3) is 9.21. The van der Waals surface area contributed by atoms with Crippen LogP contribution in [0.15, 0.2) is 42.7 Å². The maximum atomic E-state index is 10.1. The summed E-state index contributed by atoms with van der Waals surface area (Å²) in [6, 6.07) is 9.87. The first-order chi connectivity index (χ1) is 12.6. The number of hydrogen-bond acceptors (Lipinski definition) is 4. The Morgan fingerprint density at radius 1 is 0.808 bits per heavy atom. The van der Waals surface area contributed by atoms with Crippen LogP contribution in [0.4, 0.5) is 0 Å². The molecule has 0 aliphatic carbocycles. The van der Waals surface area contributed by atoms with Crippen LogP contribution in [-0.4, -0.2) is 20.7 Å². The van der Waals surface area contributed by atoms with Crippen molar-refractivity contribution in [1.82, 2.24) is 15.0 Å². The third-order valence-electron chi connectivity index (χ3n) is 2.97. The quantitative estimate of drug-likeness (QED) is 0.467. The predicted molar refractivity (Wildman–Crippen MR) is 114 cm³/mol. The van der Waals surface area contributed by atoms with Crippen molar-refractivity contribution in [1.29, 1.82) is 0 Å². The van der Waals surface area contributed by atoms with Gasteiger partial charge in [0.2, 0.25) is 0 Å². The molecule has 0 atom stereocenters. The summed E-state index contributed by atoms with van der Waals surface area (Å²) in [5, 5.41) is 2.10. The molecule has 0 aliphatic heterocycles. The summed E-state index contributed by atoms with van der Waals surface area (Å²) in [5.41, 5.74) is 1.50. The fraction of sp³-hybridized carbons (Fsp3) is 0.455. The largest absolute Gasteiger partial charge is 0.300 e. The lowest BCUT2D eigenvalue weighted by Gasteiger charge is -1.98. The van der Waals surface area contributed by atoms with Gasteiger partial charge in [0.15, 0.2) is 11.3 Å². The van der Waals surface area contributed by atoms with Gasteiger partial charge in [-0.15, -0.1) is 0 Å². The Bertz CT molecular complexity index is 634. The highest BCUT2D eigenvalue weighted by Gasteiger charge is 1.99. The second-order valence-electron chi connectivity index (χ2n) is 4.85. The fourth-order valence-corrected chi connectivity index (χ4v) is 1.50. The van der Waals surface area contributed by atoms with Crippen molar-refractivity contribution in [2.24, 2.45) is 5.92 Å². The number of hydrogen-bond donors (Lipinski definition) is 0. The summed E-state index contributed by atoms with van der Waals surface area (Å²) in [6.07, 6.45) is 3.48. The molecule has 0 amide bonds. The lowest BCUT2D eigenvalue weighted by molar-refractivity contribution is -0.119. The van der Waals surface area contributed by atoms with E-state index < -0.39 is 0 Å². The summed E-state index contributed by atoms with van der Waals surface area (Å²) in [4.78, 5) is 22.9. The van der Waals surface area contributed by atoms with Crippen LogP contribution < -0.4 is 0 Å². The highest BCUT2D eigenvalue weighted by Crippen LogP contribution is 2.15. The van der Waals surface area contributed by atoms with E-state index >= 15 is 0 Å². The molecule has 3 rings (SSSR count). The van der Waals surface area contributed by atoms with Gasteiger partial charge in [0, 0.05) is 29.1 Å². The number of aromatic nitrogens is 3. The molecule has 4 heteroatoms. The van der Waals surface area contributed by atoms with Gasteiger partial charge in [-0.1, -0.05) is 55.4 Å². The minimum atomic E-state index is 0.213. The second kappa shape index (κ2) is 16.1. The standard InChI is InChI=1S/C11H7N3.C5H10O.3C2H6/c1-3-8-7-9-4-2-6-13-11(9)14-10(8)12-5-1;1-4(2)5(3)6;3*1-2/h1-7H;4H,1-3H3;3*1-2H3. The molecule has 0 saturated carbocycles. The number of pyridine rings is 3. The molecule has 4 nitrogen and oxygen atoms in total. The van der Waals surface area contributed by atoms with Crippen LogP contribution in [0.1, 0.15) is 62.3 Å². The number of carbonyl (C=O) groups excluding carboxylic acids is 1. The van der Waals surface area contributed by atoms with Crippen LogP contribution in [0.25, 0.3) is 22.1 Å². The summed E-state index contributed by atoms with van der Waals surface area (Å²) < 4.78 is 0. The van der Waals surface area contributed by atoms with Gasteiger partial charge in [-0.2, -0.15) is 0 Å². The van der Waals surface area contributed by atoms with E-state index in [1.807, 2.05) is 79.7 Å². The summed E-state index contributed by atoms with van der Waals surface area (Å²) >= 11 is 0. The zero-order valence-electron chi connectivity index (χ0n) is 17.9. The topological polar surface area (TPSA) is 55.7 Å². The van der Waals surface area contributed by atoms with Crippen molar-refractivity contribution >= 4 is 27.9 Å². The van der Waals surface area contributed by atoms with Crippen molar-refractivity contribution < 1.29 is 4.79 Å². The Balaban J connectivity index is 0. The number of fused-ring (bicyclic) bond motifs is 2. The Morgan fingerprint density at radius 3 is 1.46 bits per heavy atom. The lowest BCUT2D eigenvalue weighted by Crippen LogP contribution is -1.98. The van der Waals surface area contributed by atoms with Crippen molar-refractivity contribution in [3.8, 4) is 0 Å². The SMILES string of the molecule is CC.CC.CC.CC(=O)C(C)C.c1cnc2nc3ncccc3cc2c1. The fourth-order valence-electron chi connectivity index (χ4n) is 1.50. The Morgan fingerprint density at radius 2 is 1.15 bits per heavy atom. The van der Waals surface area contributed by atoms with Crippen molar-refractivity contribution in [3.63, 3.8) is 0 Å². The molecule has 0 radical (unpaired) electrons. The Kier molecular flexibility index (Phi) is 16.0. The first-order valence-electron chi connectivity index (χ1n) is 9.55. The van der Waals surface area contributed by atoms with E-state index in [1.165, 1.54) is 0 Å². The van der Waals surface area contributed by atoms with Crippen LogP contribution in [0.2, 0.25) is 0 Å². The molecule has 3 aromatic heterocycles. The minimum Gasteiger partial charge on any atom is -0.300 e. The number of carbonyl (C=O) groups is 1. The number of nitrogens with zero attached hydrogens (tertiary/aromatic N) is 3. The smallest absolute Gasteiger partial charge is 0.161 e. The molecule has 0 N–H and O–H groups in total. The molecular weight excluding hydrogens is 322 g/mol. The number of ketones is 1. The summed E-state index contributed by atoms with van der Waals surface area (Å²) in [6.45, 7) is 17.4. The molecule has 3 aromatic rings.